The van der Waals surface area contributed by atoms with Gasteiger partial charge >= 0.3 is 0 Å². The molecule has 3 heterocycles. The molecule has 0 saturated heterocycles. The van der Waals surface area contributed by atoms with Gasteiger partial charge in [0.1, 0.15) is 46.7 Å². The lowest BCUT2D eigenvalue weighted by Gasteiger charge is -2.24. The summed E-state index contributed by atoms with van der Waals surface area (Å²) in [6.07, 6.45) is -2.92. The zero-order valence-electron chi connectivity index (χ0n) is 28.8. The van der Waals surface area contributed by atoms with Gasteiger partial charge in [-0.05, 0) is 54.3 Å². The first-order valence-corrected chi connectivity index (χ1v) is 19.0. The Morgan fingerprint density at radius 3 is 2.46 bits per heavy atom. The molecule has 2 aliphatic rings. The Balaban J connectivity index is 1.32. The number of aromatic nitrogens is 6. The highest BCUT2D eigenvalue weighted by Crippen LogP contribution is 2.68. The van der Waals surface area contributed by atoms with Crippen molar-refractivity contribution in [1.82, 2.24) is 34.4 Å². The normalized spacial score (nSPS) is 17.7. The van der Waals surface area contributed by atoms with Gasteiger partial charge in [-0.1, -0.05) is 17.7 Å². The molecule has 56 heavy (non-hydrogen) atoms. The number of hydrogen-bond acceptors (Lipinski definition) is 7. The van der Waals surface area contributed by atoms with Crippen LogP contribution in [0.3, 0.4) is 0 Å². The van der Waals surface area contributed by atoms with Gasteiger partial charge in [-0.3, -0.25) is 28.2 Å². The molecule has 292 valence electrons. The van der Waals surface area contributed by atoms with Crippen LogP contribution >= 0.6 is 11.6 Å². The number of carbonyl (C=O) groups is 1. The number of para-hydroxylation sites is 1. The second-order valence-corrected chi connectivity index (χ2v) is 15.8. The van der Waals surface area contributed by atoms with E-state index in [1.165, 1.54) is 36.0 Å². The summed E-state index contributed by atoms with van der Waals surface area (Å²) in [6, 6.07) is 6.94. The van der Waals surface area contributed by atoms with Crippen LogP contribution in [0.25, 0.3) is 27.5 Å². The van der Waals surface area contributed by atoms with Crippen molar-refractivity contribution in [2.75, 3.05) is 11.0 Å². The van der Waals surface area contributed by atoms with E-state index >= 15 is 13.2 Å². The molecule has 3 aromatic heterocycles. The molecule has 3 aromatic carbocycles. The Morgan fingerprint density at radius 2 is 1.79 bits per heavy atom. The van der Waals surface area contributed by atoms with Gasteiger partial charge in [0.2, 0.25) is 15.9 Å². The summed E-state index contributed by atoms with van der Waals surface area (Å²) in [7, 11) is -2.52. The van der Waals surface area contributed by atoms with Gasteiger partial charge in [-0.25, -0.2) is 35.4 Å². The van der Waals surface area contributed by atoms with Crippen LogP contribution in [-0.4, -0.2) is 49.7 Å². The van der Waals surface area contributed by atoms with E-state index in [0.29, 0.717) is 10.7 Å². The second-order valence-electron chi connectivity index (χ2n) is 13.7. The van der Waals surface area contributed by atoms with Gasteiger partial charge in [-0.2, -0.15) is 19.0 Å². The Labute approximate surface area is 315 Å². The van der Waals surface area contributed by atoms with E-state index in [0.717, 1.165) is 29.0 Å². The lowest BCUT2D eigenvalue weighted by atomic mass is 10.0. The van der Waals surface area contributed by atoms with Crippen LogP contribution in [0.4, 0.5) is 36.6 Å². The molecular formula is C35H26ClF7N8O4S. The molecule has 1 amide bonds. The van der Waals surface area contributed by atoms with Crippen LogP contribution < -0.4 is 15.6 Å². The zero-order chi connectivity index (χ0) is 40.2. The molecule has 2 N–H and O–H groups in total. The minimum atomic E-state index is -3.92. The summed E-state index contributed by atoms with van der Waals surface area (Å²) < 4.78 is 132. The van der Waals surface area contributed by atoms with E-state index in [1.807, 2.05) is 0 Å². The van der Waals surface area contributed by atoms with Crippen LogP contribution in [0, 0.1) is 23.4 Å². The summed E-state index contributed by atoms with van der Waals surface area (Å²) in [5.41, 5.74) is -3.56. The fourth-order valence-electron chi connectivity index (χ4n) is 7.57. The SMILES string of the molecule is Cn1nc(NS(C)(=O)=O)c2c(Cl)ccc(-n3c(C(Cc4cc(F)cc(F)c4)NC(=O)Cn4nc(C(F)F)c5c4C(F)(F)[C@@H]4C[C@H]54)nc4c(F)cccc4c3=O)c21. The van der Waals surface area contributed by atoms with Crippen LogP contribution in [0.5, 0.6) is 0 Å². The van der Waals surface area contributed by atoms with E-state index in [-0.39, 0.29) is 50.4 Å². The Kier molecular flexibility index (Phi) is 8.71. The first kappa shape index (κ1) is 37.4. The number of rotatable bonds is 10. The minimum Gasteiger partial charge on any atom is -0.344 e. The second kappa shape index (κ2) is 13.0. The molecule has 1 saturated carbocycles. The highest BCUT2D eigenvalue weighted by Gasteiger charge is 2.67. The molecular weight excluding hydrogens is 797 g/mol. The number of halogens is 8. The molecule has 3 atom stereocenters. The van der Waals surface area contributed by atoms with E-state index in [9.17, 15) is 35.6 Å². The molecule has 6 aromatic rings. The number of alkyl halides is 4. The number of nitrogens with one attached hydrogen (secondary N) is 2. The number of sulfonamides is 1. The van der Waals surface area contributed by atoms with E-state index in [4.69, 9.17) is 11.6 Å². The quantitative estimate of drug-likeness (QED) is 0.158. The molecule has 21 heteroatoms. The summed E-state index contributed by atoms with van der Waals surface area (Å²) in [5.74, 6) is -10.4. The molecule has 1 fully saturated rings. The monoisotopic (exact) mass is 822 g/mol. The Hall–Kier alpha value is -5.50. The van der Waals surface area contributed by atoms with E-state index in [1.54, 1.807) is 0 Å². The van der Waals surface area contributed by atoms with Crippen molar-refractivity contribution >= 4 is 55.2 Å². The number of amides is 1. The standard InChI is InChI=1S/C35H26ClF7N8O4S/c1-49-29-23(7-6-20(36)26(29)32(47-49)48-56(2,54)55)51-33(45-27-17(34(51)53)4-3-5-21(27)39)22(10-14-8-15(37)11-16(38)9-14)44-24(52)13-50-30-25(28(46-50)31(40)41)18-12-19(18)35(30,42)43/h3-9,11,18-19,22,31H,10,12-13H2,1-2H3,(H,44,52)(H,47,48)/t18-,19+,22?/m0/s1. The number of anilines is 1. The molecule has 1 unspecified atom stereocenters. The van der Waals surface area contributed by atoms with Crippen molar-refractivity contribution in [3.8, 4) is 5.69 Å². The Morgan fingerprint density at radius 1 is 1.07 bits per heavy atom. The number of aryl methyl sites for hydroxylation is 1. The van der Waals surface area contributed by atoms with Crippen LogP contribution in [-0.2, 0) is 40.8 Å². The van der Waals surface area contributed by atoms with Gasteiger partial charge in [0.25, 0.3) is 17.9 Å². The molecule has 8 rings (SSSR count). The fourth-order valence-corrected chi connectivity index (χ4v) is 8.30. The first-order valence-electron chi connectivity index (χ1n) is 16.7. The van der Waals surface area contributed by atoms with Gasteiger partial charge in [0.15, 0.2) is 5.82 Å². The van der Waals surface area contributed by atoms with E-state index in [2.05, 4.69) is 25.2 Å². The van der Waals surface area contributed by atoms with Gasteiger partial charge in [0.05, 0.1) is 39.3 Å². The number of fused-ring (bicyclic) bond motifs is 5. The van der Waals surface area contributed by atoms with Gasteiger partial charge < -0.3 is 5.32 Å². The molecule has 2 aliphatic carbocycles. The first-order chi connectivity index (χ1) is 26.3. The zero-order valence-corrected chi connectivity index (χ0v) is 30.4. The number of nitrogens with zero attached hydrogens (tertiary/aromatic N) is 6. The highest BCUT2D eigenvalue weighted by molar-refractivity contribution is 7.92. The van der Waals surface area contributed by atoms with Crippen molar-refractivity contribution in [2.24, 2.45) is 13.0 Å². The molecule has 0 aliphatic heterocycles. The number of benzene rings is 3. The fraction of sp³-hybridized carbons (Fsp3) is 0.286. The average Bonchev–Trinajstić information content (AvgIpc) is 3.63. The maximum Gasteiger partial charge on any atom is 0.293 e. The van der Waals surface area contributed by atoms with Crippen molar-refractivity contribution in [3.63, 3.8) is 0 Å². The van der Waals surface area contributed by atoms with Crippen molar-refractivity contribution in [2.45, 2.75) is 43.7 Å². The average molecular weight is 823 g/mol. The predicted octanol–water partition coefficient (Wildman–Crippen LogP) is 6.16. The van der Waals surface area contributed by atoms with Crippen molar-refractivity contribution in [1.29, 1.82) is 0 Å². The summed E-state index contributed by atoms with van der Waals surface area (Å²) in [5, 5.41) is 10.2. The predicted molar refractivity (Wildman–Crippen MR) is 188 cm³/mol. The molecule has 0 radical (unpaired) electrons. The van der Waals surface area contributed by atoms with Crippen LogP contribution in [0.15, 0.2) is 53.3 Å². The summed E-state index contributed by atoms with van der Waals surface area (Å²) in [6.45, 7) is -1.03. The van der Waals surface area contributed by atoms with Crippen molar-refractivity contribution in [3.05, 3.63) is 110 Å². The summed E-state index contributed by atoms with van der Waals surface area (Å²) in [4.78, 5) is 32.8. The third kappa shape index (κ3) is 6.23. The largest absolute Gasteiger partial charge is 0.344 e. The maximum absolute atomic E-state index is 15.4. The van der Waals surface area contributed by atoms with Crippen LogP contribution in [0.1, 0.15) is 53.1 Å². The third-order valence-corrected chi connectivity index (χ3v) is 10.7. The smallest absolute Gasteiger partial charge is 0.293 e. The topological polar surface area (TPSA) is 146 Å². The summed E-state index contributed by atoms with van der Waals surface area (Å²) >= 11 is 6.52. The highest BCUT2D eigenvalue weighted by atomic mass is 35.5. The third-order valence-electron chi connectivity index (χ3n) is 9.78. The maximum atomic E-state index is 15.4. The van der Waals surface area contributed by atoms with Gasteiger partial charge in [0, 0.05) is 31.0 Å². The van der Waals surface area contributed by atoms with E-state index < -0.39 is 105 Å². The molecule has 0 spiro atoms. The minimum absolute atomic E-state index is 0.0122. The number of carbonyl (C=O) groups excluding carboxylic acids is 1. The molecule has 12 nitrogen and oxygen atoms in total. The lowest BCUT2D eigenvalue weighted by molar-refractivity contribution is -0.123. The van der Waals surface area contributed by atoms with Crippen molar-refractivity contribution < 1.29 is 43.9 Å². The Bertz CT molecular complexity index is 2810. The molecule has 0 bridgehead atoms. The number of hydrogen-bond donors (Lipinski definition) is 2. The lowest BCUT2D eigenvalue weighted by Crippen LogP contribution is -2.38. The van der Waals surface area contributed by atoms with Gasteiger partial charge in [-0.15, -0.1) is 0 Å². The van der Waals surface area contributed by atoms with Crippen LogP contribution in [0.2, 0.25) is 5.02 Å².